The lowest BCUT2D eigenvalue weighted by Crippen LogP contribution is -2.31. The summed E-state index contributed by atoms with van der Waals surface area (Å²) in [6.45, 7) is 10.3. The highest BCUT2D eigenvalue weighted by Gasteiger charge is 2.31. The molecule has 0 fully saturated rings. The van der Waals surface area contributed by atoms with Crippen LogP contribution in [0.4, 0.5) is 4.79 Å². The van der Waals surface area contributed by atoms with Gasteiger partial charge in [-0.3, -0.25) is 4.79 Å². The van der Waals surface area contributed by atoms with Crippen molar-refractivity contribution < 1.29 is 23.9 Å². The maximum atomic E-state index is 12.7. The van der Waals surface area contributed by atoms with E-state index < -0.39 is 23.3 Å². The van der Waals surface area contributed by atoms with E-state index in [-0.39, 0.29) is 11.3 Å². The predicted molar refractivity (Wildman–Crippen MR) is 94.1 cm³/mol. The third kappa shape index (κ3) is 4.07. The second-order valence-corrected chi connectivity index (χ2v) is 7.71. The van der Waals surface area contributed by atoms with Crippen LogP contribution in [-0.4, -0.2) is 34.1 Å². The van der Waals surface area contributed by atoms with Crippen LogP contribution in [-0.2, 0) is 9.47 Å². The van der Waals surface area contributed by atoms with Crippen molar-refractivity contribution in [3.05, 3.63) is 35.5 Å². The summed E-state index contributed by atoms with van der Waals surface area (Å²) >= 11 is 0. The van der Waals surface area contributed by atoms with Crippen LogP contribution in [0.3, 0.4) is 0 Å². The minimum Gasteiger partial charge on any atom is -0.455 e. The smallest absolute Gasteiger partial charge is 0.419 e. The molecule has 0 aliphatic heterocycles. The average molecular weight is 345 g/mol. The number of rotatable bonds is 2. The Kier molecular flexibility index (Phi) is 4.75. The van der Waals surface area contributed by atoms with Crippen molar-refractivity contribution in [1.82, 2.24) is 4.57 Å². The number of hydrogen-bond donors (Lipinski definition) is 0. The van der Waals surface area contributed by atoms with Gasteiger partial charge in [0.05, 0.1) is 11.1 Å². The van der Waals surface area contributed by atoms with Crippen molar-refractivity contribution >= 4 is 29.3 Å². The molecule has 0 atom stereocenters. The second kappa shape index (κ2) is 6.35. The van der Waals surface area contributed by atoms with E-state index in [1.54, 1.807) is 65.8 Å². The van der Waals surface area contributed by atoms with E-state index in [9.17, 15) is 14.4 Å². The fraction of sp³-hybridized carbons (Fsp3) is 0.421. The topological polar surface area (TPSA) is 74.6 Å². The molecular formula is C19H23NO5. The zero-order valence-corrected chi connectivity index (χ0v) is 15.4. The van der Waals surface area contributed by atoms with E-state index in [0.717, 1.165) is 4.57 Å². The molecule has 0 aliphatic rings. The first kappa shape index (κ1) is 18.7. The number of hydrogen-bond acceptors (Lipinski definition) is 5. The molecule has 134 valence electrons. The number of esters is 1. The monoisotopic (exact) mass is 345 g/mol. The van der Waals surface area contributed by atoms with Crippen molar-refractivity contribution in [2.75, 3.05) is 0 Å². The lowest BCUT2D eigenvalue weighted by Gasteiger charge is -2.22. The Morgan fingerprint density at radius 3 is 2.04 bits per heavy atom. The lowest BCUT2D eigenvalue weighted by atomic mass is 10.1. The number of aromatic nitrogens is 1. The zero-order valence-electron chi connectivity index (χ0n) is 15.4. The molecule has 25 heavy (non-hydrogen) atoms. The average Bonchev–Trinajstić information content (AvgIpc) is 2.78. The highest BCUT2D eigenvalue weighted by molar-refractivity contribution is 6.12. The van der Waals surface area contributed by atoms with Crippen molar-refractivity contribution in [3.63, 3.8) is 0 Å². The van der Waals surface area contributed by atoms with Crippen LogP contribution in [0, 0.1) is 0 Å². The Morgan fingerprint density at radius 2 is 1.52 bits per heavy atom. The molecule has 1 aromatic carbocycles. The summed E-state index contributed by atoms with van der Waals surface area (Å²) in [7, 11) is 0. The molecule has 1 heterocycles. The molecule has 0 spiro atoms. The molecule has 0 unspecified atom stereocenters. The highest BCUT2D eigenvalue weighted by atomic mass is 16.6. The van der Waals surface area contributed by atoms with E-state index >= 15 is 0 Å². The summed E-state index contributed by atoms with van der Waals surface area (Å²) in [5.74, 6) is -0.753. The lowest BCUT2D eigenvalue weighted by molar-refractivity contribution is 0.00488. The predicted octanol–water partition coefficient (Wildman–Crippen LogP) is 4.19. The molecule has 0 saturated heterocycles. The molecule has 1 aromatic heterocycles. The maximum Gasteiger partial charge on any atom is 0.419 e. The van der Waals surface area contributed by atoms with Gasteiger partial charge in [0.1, 0.15) is 16.9 Å². The summed E-state index contributed by atoms with van der Waals surface area (Å²) in [4.78, 5) is 37.1. The first-order valence-corrected chi connectivity index (χ1v) is 8.00. The number of ether oxygens (including phenoxy) is 2. The van der Waals surface area contributed by atoms with Gasteiger partial charge >= 0.3 is 12.1 Å². The van der Waals surface area contributed by atoms with Gasteiger partial charge in [0, 0.05) is 5.39 Å². The molecule has 6 heteroatoms. The Balaban J connectivity index is 2.73. The van der Waals surface area contributed by atoms with Gasteiger partial charge in [0.25, 0.3) is 0 Å². The van der Waals surface area contributed by atoms with Crippen LogP contribution in [0.25, 0.3) is 10.9 Å². The maximum absolute atomic E-state index is 12.7. The van der Waals surface area contributed by atoms with E-state index in [2.05, 4.69) is 0 Å². The van der Waals surface area contributed by atoms with Crippen LogP contribution in [0.5, 0.6) is 0 Å². The molecule has 2 rings (SSSR count). The molecule has 0 amide bonds. The highest BCUT2D eigenvalue weighted by Crippen LogP contribution is 2.28. The van der Waals surface area contributed by atoms with Crippen molar-refractivity contribution in [3.8, 4) is 0 Å². The van der Waals surface area contributed by atoms with Crippen LogP contribution in [0.1, 0.15) is 62.4 Å². The first-order valence-electron chi connectivity index (χ1n) is 8.00. The largest absolute Gasteiger partial charge is 0.455 e. The molecular weight excluding hydrogens is 322 g/mol. The van der Waals surface area contributed by atoms with Crippen LogP contribution >= 0.6 is 0 Å². The Morgan fingerprint density at radius 1 is 0.960 bits per heavy atom. The van der Waals surface area contributed by atoms with Gasteiger partial charge in [-0.05, 0) is 47.6 Å². The molecule has 0 radical (unpaired) electrons. The minimum atomic E-state index is -0.771. The Bertz CT molecular complexity index is 834. The number of nitrogens with zero attached hydrogens (tertiary/aromatic N) is 1. The molecule has 2 aromatic rings. The van der Waals surface area contributed by atoms with E-state index in [0.29, 0.717) is 17.2 Å². The summed E-state index contributed by atoms with van der Waals surface area (Å²) in [5.41, 5.74) is -1.13. The SMILES string of the molecule is CC(C)(C)OC(=O)c1c(C=O)c2ccccc2n1C(=O)OC(C)(C)C. The van der Waals surface area contributed by atoms with Gasteiger partial charge in [-0.2, -0.15) is 0 Å². The number of carbonyl (C=O) groups excluding carboxylic acids is 3. The molecule has 6 nitrogen and oxygen atoms in total. The first-order chi connectivity index (χ1) is 11.4. The van der Waals surface area contributed by atoms with E-state index in [1.807, 2.05) is 0 Å². The Hall–Kier alpha value is -2.63. The van der Waals surface area contributed by atoms with Crippen LogP contribution in [0.15, 0.2) is 24.3 Å². The quantitative estimate of drug-likeness (QED) is 0.602. The molecule has 0 saturated carbocycles. The van der Waals surface area contributed by atoms with Crippen LogP contribution in [0.2, 0.25) is 0 Å². The third-order valence-electron chi connectivity index (χ3n) is 3.20. The third-order valence-corrected chi connectivity index (χ3v) is 3.20. The zero-order chi connectivity index (χ0) is 19.0. The van der Waals surface area contributed by atoms with Crippen molar-refractivity contribution in [2.24, 2.45) is 0 Å². The van der Waals surface area contributed by atoms with Gasteiger partial charge < -0.3 is 9.47 Å². The van der Waals surface area contributed by atoms with Crippen LogP contribution < -0.4 is 0 Å². The number of aldehydes is 1. The summed E-state index contributed by atoms with van der Waals surface area (Å²) in [6, 6.07) is 6.78. The summed E-state index contributed by atoms with van der Waals surface area (Å²) in [6.07, 6.45) is -0.180. The summed E-state index contributed by atoms with van der Waals surface area (Å²) < 4.78 is 11.9. The normalized spacial score (nSPS) is 12.1. The number of benzene rings is 1. The molecule has 0 aliphatic carbocycles. The van der Waals surface area contributed by atoms with Gasteiger partial charge in [-0.15, -0.1) is 0 Å². The number of carbonyl (C=O) groups is 3. The van der Waals surface area contributed by atoms with Crippen molar-refractivity contribution in [1.29, 1.82) is 0 Å². The Labute approximate surface area is 146 Å². The van der Waals surface area contributed by atoms with E-state index in [1.165, 1.54) is 0 Å². The van der Waals surface area contributed by atoms with Crippen molar-refractivity contribution in [2.45, 2.75) is 52.7 Å². The molecule has 0 N–H and O–H groups in total. The van der Waals surface area contributed by atoms with Gasteiger partial charge in [-0.1, -0.05) is 18.2 Å². The second-order valence-electron chi connectivity index (χ2n) is 7.71. The minimum absolute atomic E-state index is 0.107. The number of fused-ring (bicyclic) bond motifs is 1. The molecule has 0 bridgehead atoms. The number of para-hydroxylation sites is 1. The standard InChI is InChI=1S/C19H23NO5/c1-18(2,3)24-16(22)15-13(11-21)12-9-7-8-10-14(12)20(15)17(23)25-19(4,5)6/h7-11H,1-6H3. The fourth-order valence-corrected chi connectivity index (χ4v) is 2.41. The van der Waals surface area contributed by atoms with Gasteiger partial charge in [-0.25, -0.2) is 14.2 Å². The van der Waals surface area contributed by atoms with Gasteiger partial charge in [0.2, 0.25) is 0 Å². The van der Waals surface area contributed by atoms with Gasteiger partial charge in [0.15, 0.2) is 6.29 Å². The summed E-state index contributed by atoms with van der Waals surface area (Å²) in [5, 5.41) is 0.490. The fourth-order valence-electron chi connectivity index (χ4n) is 2.41. The van der Waals surface area contributed by atoms with E-state index in [4.69, 9.17) is 9.47 Å².